The molecular formula is C19H21F3N2O2S. The van der Waals surface area contributed by atoms with Crippen molar-refractivity contribution in [3.05, 3.63) is 40.9 Å². The number of nitrogens with zero attached hydrogens (tertiary/aromatic N) is 2. The number of benzene rings is 1. The first kappa shape index (κ1) is 19.8. The van der Waals surface area contributed by atoms with E-state index in [1.54, 1.807) is 0 Å². The van der Waals surface area contributed by atoms with Gasteiger partial charge in [-0.15, -0.1) is 11.3 Å². The van der Waals surface area contributed by atoms with Crippen molar-refractivity contribution in [3.8, 4) is 10.6 Å². The summed E-state index contributed by atoms with van der Waals surface area (Å²) in [6.45, 7) is 4.49. The summed E-state index contributed by atoms with van der Waals surface area (Å²) in [4.78, 5) is 18.6. The summed E-state index contributed by atoms with van der Waals surface area (Å²) in [5.41, 5.74) is 0.914. The fourth-order valence-electron chi connectivity index (χ4n) is 3.13. The smallest absolute Gasteiger partial charge is 0.416 e. The topological polar surface area (TPSA) is 42.4 Å². The molecule has 1 saturated heterocycles. The molecule has 0 amide bonds. The molecule has 146 valence electrons. The van der Waals surface area contributed by atoms with Crippen LogP contribution >= 0.6 is 11.3 Å². The third-order valence-corrected chi connectivity index (χ3v) is 5.54. The molecule has 2 heterocycles. The Bertz CT molecular complexity index is 766. The molecule has 4 nitrogen and oxygen atoms in total. The molecule has 3 rings (SSSR count). The van der Waals surface area contributed by atoms with Crippen molar-refractivity contribution >= 4 is 17.3 Å². The van der Waals surface area contributed by atoms with Crippen LogP contribution in [-0.2, 0) is 22.3 Å². The second-order valence-corrected chi connectivity index (χ2v) is 7.38. The Labute approximate surface area is 160 Å². The number of ether oxygens (including phenoxy) is 1. The van der Waals surface area contributed by atoms with Crippen molar-refractivity contribution in [2.24, 2.45) is 5.92 Å². The number of likely N-dealkylation sites (tertiary alicyclic amines) is 1. The average molecular weight is 398 g/mol. The van der Waals surface area contributed by atoms with Crippen molar-refractivity contribution in [2.75, 3.05) is 19.7 Å². The average Bonchev–Trinajstić information content (AvgIpc) is 3.10. The van der Waals surface area contributed by atoms with Crippen molar-refractivity contribution in [2.45, 2.75) is 32.5 Å². The molecule has 0 saturated carbocycles. The predicted molar refractivity (Wildman–Crippen MR) is 97.2 cm³/mol. The molecular weight excluding hydrogens is 377 g/mol. The van der Waals surface area contributed by atoms with Crippen LogP contribution in [0.2, 0.25) is 0 Å². The number of aromatic nitrogens is 1. The number of hydrogen-bond donors (Lipinski definition) is 0. The first-order valence-electron chi connectivity index (χ1n) is 8.88. The highest BCUT2D eigenvalue weighted by atomic mass is 32.1. The summed E-state index contributed by atoms with van der Waals surface area (Å²) >= 11 is 1.42. The van der Waals surface area contributed by atoms with E-state index in [9.17, 15) is 18.0 Å². The largest absolute Gasteiger partial charge is 0.466 e. The van der Waals surface area contributed by atoms with Gasteiger partial charge in [-0.05, 0) is 45.0 Å². The zero-order valence-electron chi connectivity index (χ0n) is 15.0. The van der Waals surface area contributed by atoms with Gasteiger partial charge in [0.05, 0.1) is 23.8 Å². The number of hydrogen-bond acceptors (Lipinski definition) is 5. The van der Waals surface area contributed by atoms with Gasteiger partial charge < -0.3 is 4.74 Å². The van der Waals surface area contributed by atoms with Crippen molar-refractivity contribution in [1.82, 2.24) is 9.88 Å². The van der Waals surface area contributed by atoms with Gasteiger partial charge in [-0.3, -0.25) is 9.69 Å². The van der Waals surface area contributed by atoms with E-state index in [-0.39, 0.29) is 11.9 Å². The second kappa shape index (κ2) is 8.39. The minimum absolute atomic E-state index is 0.0284. The van der Waals surface area contributed by atoms with Crippen LogP contribution in [0.3, 0.4) is 0 Å². The molecule has 1 aliphatic heterocycles. The molecule has 1 fully saturated rings. The summed E-state index contributed by atoms with van der Waals surface area (Å²) in [7, 11) is 0. The normalized spacial score (nSPS) is 16.4. The highest BCUT2D eigenvalue weighted by Gasteiger charge is 2.30. The quantitative estimate of drug-likeness (QED) is 0.690. The van der Waals surface area contributed by atoms with Crippen LogP contribution in [0.4, 0.5) is 13.2 Å². The molecule has 0 atom stereocenters. The van der Waals surface area contributed by atoms with Gasteiger partial charge in [0.25, 0.3) is 0 Å². The van der Waals surface area contributed by atoms with Gasteiger partial charge in [-0.1, -0.05) is 12.1 Å². The maximum absolute atomic E-state index is 12.7. The standard InChI is InChI=1S/C19H21F3N2O2S/c1-2-26-18(25)14-7-9-24(10-8-14)11-16-12-27-17(23-16)13-3-5-15(6-4-13)19(20,21)22/h3-6,12,14H,2,7-11H2,1H3. The number of carbonyl (C=O) groups is 1. The van der Waals surface area contributed by atoms with Crippen LogP contribution in [0.25, 0.3) is 10.6 Å². The number of esters is 1. The zero-order valence-corrected chi connectivity index (χ0v) is 15.8. The van der Waals surface area contributed by atoms with Crippen molar-refractivity contribution < 1.29 is 22.7 Å². The molecule has 1 aliphatic rings. The van der Waals surface area contributed by atoms with Crippen LogP contribution in [0.15, 0.2) is 29.6 Å². The van der Waals surface area contributed by atoms with Gasteiger partial charge in [-0.2, -0.15) is 13.2 Å². The molecule has 2 aromatic rings. The van der Waals surface area contributed by atoms with Crippen molar-refractivity contribution in [1.29, 1.82) is 0 Å². The Hall–Kier alpha value is -1.93. The fraction of sp³-hybridized carbons (Fsp3) is 0.474. The molecule has 27 heavy (non-hydrogen) atoms. The van der Waals surface area contributed by atoms with Crippen LogP contribution < -0.4 is 0 Å². The molecule has 0 N–H and O–H groups in total. The predicted octanol–water partition coefficient (Wildman–Crippen LogP) is 4.60. The van der Waals surface area contributed by atoms with Crippen LogP contribution in [-0.4, -0.2) is 35.5 Å². The van der Waals surface area contributed by atoms with Gasteiger partial charge >= 0.3 is 12.1 Å². The van der Waals surface area contributed by atoms with E-state index >= 15 is 0 Å². The Morgan fingerprint density at radius 1 is 1.26 bits per heavy atom. The van der Waals surface area contributed by atoms with E-state index in [2.05, 4.69) is 9.88 Å². The summed E-state index contributed by atoms with van der Waals surface area (Å²) in [5, 5.41) is 2.64. The van der Waals surface area contributed by atoms with E-state index in [1.807, 2.05) is 12.3 Å². The molecule has 0 radical (unpaired) electrons. The number of rotatable bonds is 5. The maximum Gasteiger partial charge on any atom is 0.416 e. The lowest BCUT2D eigenvalue weighted by atomic mass is 9.97. The molecule has 0 unspecified atom stereocenters. The minimum Gasteiger partial charge on any atom is -0.466 e. The third-order valence-electron chi connectivity index (χ3n) is 4.60. The van der Waals surface area contributed by atoms with E-state index in [0.717, 1.165) is 43.8 Å². The Morgan fingerprint density at radius 2 is 1.93 bits per heavy atom. The molecule has 8 heteroatoms. The molecule has 0 aliphatic carbocycles. The van der Waals surface area contributed by atoms with Crippen molar-refractivity contribution in [3.63, 3.8) is 0 Å². The number of halogens is 3. The van der Waals surface area contributed by atoms with Crippen LogP contribution in [0.5, 0.6) is 0 Å². The molecule has 1 aromatic heterocycles. The van der Waals surface area contributed by atoms with Gasteiger partial charge in [-0.25, -0.2) is 4.98 Å². The first-order chi connectivity index (χ1) is 12.9. The number of piperidine rings is 1. The lowest BCUT2D eigenvalue weighted by Crippen LogP contribution is -2.36. The second-order valence-electron chi connectivity index (χ2n) is 6.52. The summed E-state index contributed by atoms with van der Waals surface area (Å²) < 4.78 is 43.1. The van der Waals surface area contributed by atoms with Gasteiger partial charge in [0.2, 0.25) is 0 Å². The third kappa shape index (κ3) is 5.07. The van der Waals surface area contributed by atoms with E-state index < -0.39 is 11.7 Å². The number of carbonyl (C=O) groups excluding carboxylic acids is 1. The Balaban J connectivity index is 1.57. The fourth-order valence-corrected chi connectivity index (χ4v) is 3.95. The number of thiazole rings is 1. The van der Waals surface area contributed by atoms with Gasteiger partial charge in [0.1, 0.15) is 5.01 Å². The lowest BCUT2D eigenvalue weighted by Gasteiger charge is -2.30. The Morgan fingerprint density at radius 3 is 2.52 bits per heavy atom. The molecule has 0 spiro atoms. The highest BCUT2D eigenvalue weighted by molar-refractivity contribution is 7.13. The monoisotopic (exact) mass is 398 g/mol. The summed E-state index contributed by atoms with van der Waals surface area (Å²) in [5.74, 6) is -0.144. The summed E-state index contributed by atoms with van der Waals surface area (Å²) in [6, 6.07) is 5.07. The number of alkyl halides is 3. The minimum atomic E-state index is -4.33. The van der Waals surface area contributed by atoms with Gasteiger partial charge in [0, 0.05) is 17.5 Å². The molecule has 1 aromatic carbocycles. The maximum atomic E-state index is 12.7. The van der Waals surface area contributed by atoms with E-state index in [0.29, 0.717) is 23.7 Å². The van der Waals surface area contributed by atoms with Gasteiger partial charge in [0.15, 0.2) is 0 Å². The van der Waals surface area contributed by atoms with E-state index in [4.69, 9.17) is 4.74 Å². The van der Waals surface area contributed by atoms with Crippen LogP contribution in [0, 0.1) is 5.92 Å². The summed E-state index contributed by atoms with van der Waals surface area (Å²) in [6.07, 6.45) is -2.79. The van der Waals surface area contributed by atoms with Crippen LogP contribution in [0.1, 0.15) is 31.0 Å². The zero-order chi connectivity index (χ0) is 19.4. The van der Waals surface area contributed by atoms with E-state index in [1.165, 1.54) is 23.5 Å². The Kier molecular flexibility index (Phi) is 6.16. The lowest BCUT2D eigenvalue weighted by molar-refractivity contribution is -0.149. The highest BCUT2D eigenvalue weighted by Crippen LogP contribution is 2.32. The first-order valence-corrected chi connectivity index (χ1v) is 9.76. The molecule has 0 bridgehead atoms. The SMILES string of the molecule is CCOC(=O)C1CCN(Cc2csc(-c3ccc(C(F)(F)F)cc3)n2)CC1.